The molecule has 0 amide bonds. The molecule has 17 heavy (non-hydrogen) atoms. The predicted octanol–water partition coefficient (Wildman–Crippen LogP) is 2.67. The Morgan fingerprint density at radius 2 is 1.88 bits per heavy atom. The average molecular weight is 253 g/mol. The van der Waals surface area contributed by atoms with Gasteiger partial charge in [-0.15, -0.1) is 0 Å². The molecule has 0 spiro atoms. The van der Waals surface area contributed by atoms with Crippen molar-refractivity contribution in [1.82, 2.24) is 4.90 Å². The molecule has 0 aliphatic carbocycles. The van der Waals surface area contributed by atoms with E-state index in [1.165, 1.54) is 0 Å². The van der Waals surface area contributed by atoms with Gasteiger partial charge < -0.3 is 10.0 Å². The molecule has 2 nitrogen and oxygen atoms in total. The molecule has 5 heteroatoms. The molecule has 0 aromatic carbocycles. The van der Waals surface area contributed by atoms with Gasteiger partial charge in [0.2, 0.25) is 0 Å². The number of rotatable bonds is 3. The zero-order valence-corrected chi connectivity index (χ0v) is 10.5. The van der Waals surface area contributed by atoms with Crippen molar-refractivity contribution in [3.63, 3.8) is 0 Å². The first-order chi connectivity index (χ1) is 7.80. The Morgan fingerprint density at radius 3 is 2.41 bits per heavy atom. The van der Waals surface area contributed by atoms with Gasteiger partial charge in [0.15, 0.2) is 6.10 Å². The van der Waals surface area contributed by atoms with Gasteiger partial charge in [0, 0.05) is 6.54 Å². The summed E-state index contributed by atoms with van der Waals surface area (Å²) < 4.78 is 36.7. The van der Waals surface area contributed by atoms with E-state index in [0.717, 1.165) is 19.3 Å². The van der Waals surface area contributed by atoms with Crippen LogP contribution in [0.25, 0.3) is 0 Å². The molecule has 1 N–H and O–H groups in total. The third-order valence-electron chi connectivity index (χ3n) is 3.62. The van der Waals surface area contributed by atoms with E-state index in [1.54, 1.807) is 4.90 Å². The van der Waals surface area contributed by atoms with Crippen molar-refractivity contribution >= 4 is 0 Å². The molecule has 0 bridgehead atoms. The molecule has 1 fully saturated rings. The monoisotopic (exact) mass is 253 g/mol. The minimum absolute atomic E-state index is 0.283. The molecular weight excluding hydrogens is 231 g/mol. The van der Waals surface area contributed by atoms with Crippen LogP contribution in [0.3, 0.4) is 0 Å². The van der Waals surface area contributed by atoms with Crippen LogP contribution in [-0.2, 0) is 0 Å². The summed E-state index contributed by atoms with van der Waals surface area (Å²) in [7, 11) is 0. The summed E-state index contributed by atoms with van der Waals surface area (Å²) in [5.41, 5.74) is 0. The number of likely N-dealkylation sites (tertiary alicyclic amines) is 1. The van der Waals surface area contributed by atoms with Gasteiger partial charge in [-0.3, -0.25) is 0 Å². The molecule has 0 aromatic heterocycles. The van der Waals surface area contributed by atoms with E-state index >= 15 is 0 Å². The first kappa shape index (κ1) is 14.8. The fourth-order valence-electron chi connectivity index (χ4n) is 2.38. The summed E-state index contributed by atoms with van der Waals surface area (Å²) >= 11 is 0. The number of β-amino-alcohol motifs (C(OH)–C–C–N with tert-alkyl or cyclic N) is 1. The van der Waals surface area contributed by atoms with Crippen LogP contribution in [0.4, 0.5) is 13.2 Å². The molecule has 2 unspecified atom stereocenters. The Bertz CT molecular complexity index is 230. The second kappa shape index (κ2) is 6.05. The highest BCUT2D eigenvalue weighted by Gasteiger charge is 2.39. The maximum absolute atomic E-state index is 12.2. The highest BCUT2D eigenvalue weighted by atomic mass is 19.4. The zero-order chi connectivity index (χ0) is 13.1. The summed E-state index contributed by atoms with van der Waals surface area (Å²) in [5.74, 6) is 1.19. The minimum atomic E-state index is -4.50. The van der Waals surface area contributed by atoms with Gasteiger partial charge in [0.1, 0.15) is 0 Å². The Morgan fingerprint density at radius 1 is 1.24 bits per heavy atom. The predicted molar refractivity (Wildman–Crippen MR) is 60.7 cm³/mol. The van der Waals surface area contributed by atoms with Gasteiger partial charge in [0.05, 0.1) is 0 Å². The molecule has 0 aromatic rings. The smallest absolute Gasteiger partial charge is 0.382 e. The minimum Gasteiger partial charge on any atom is -0.382 e. The van der Waals surface area contributed by atoms with Crippen LogP contribution in [0.15, 0.2) is 0 Å². The first-order valence-electron chi connectivity index (χ1n) is 6.28. The number of hydrogen-bond donors (Lipinski definition) is 1. The lowest BCUT2D eigenvalue weighted by atomic mass is 9.89. The van der Waals surface area contributed by atoms with Crippen LogP contribution in [0.5, 0.6) is 0 Å². The SMILES string of the molecule is CC(C)C1CCCN(CC(O)C(F)(F)F)CC1. The lowest BCUT2D eigenvalue weighted by molar-refractivity contribution is -0.208. The van der Waals surface area contributed by atoms with Gasteiger partial charge in [-0.25, -0.2) is 0 Å². The van der Waals surface area contributed by atoms with E-state index < -0.39 is 12.3 Å². The molecule has 1 aliphatic rings. The molecule has 0 radical (unpaired) electrons. The summed E-state index contributed by atoms with van der Waals surface area (Å²) in [6.45, 7) is 5.36. The molecule has 102 valence electrons. The molecule has 2 atom stereocenters. The van der Waals surface area contributed by atoms with Crippen molar-refractivity contribution in [2.24, 2.45) is 11.8 Å². The van der Waals surface area contributed by atoms with Crippen molar-refractivity contribution in [3.05, 3.63) is 0 Å². The zero-order valence-electron chi connectivity index (χ0n) is 10.5. The summed E-state index contributed by atoms with van der Waals surface area (Å²) in [5, 5.41) is 9.04. The fraction of sp³-hybridized carbons (Fsp3) is 1.00. The lowest BCUT2D eigenvalue weighted by Gasteiger charge is -2.25. The van der Waals surface area contributed by atoms with Crippen LogP contribution < -0.4 is 0 Å². The second-order valence-corrected chi connectivity index (χ2v) is 5.29. The molecule has 1 heterocycles. The maximum Gasteiger partial charge on any atom is 0.415 e. The normalized spacial score (nSPS) is 25.9. The van der Waals surface area contributed by atoms with Gasteiger partial charge in [-0.2, -0.15) is 13.2 Å². The van der Waals surface area contributed by atoms with Crippen molar-refractivity contribution in [3.8, 4) is 0 Å². The number of alkyl halides is 3. The first-order valence-corrected chi connectivity index (χ1v) is 6.28. The van der Waals surface area contributed by atoms with Crippen LogP contribution in [-0.4, -0.2) is 41.9 Å². The summed E-state index contributed by atoms with van der Waals surface area (Å²) in [4.78, 5) is 1.74. The third-order valence-corrected chi connectivity index (χ3v) is 3.62. The van der Waals surface area contributed by atoms with Crippen molar-refractivity contribution in [2.45, 2.75) is 45.4 Å². The molecule has 1 rings (SSSR count). The number of nitrogens with zero attached hydrogens (tertiary/aromatic N) is 1. The van der Waals surface area contributed by atoms with Crippen LogP contribution in [0, 0.1) is 11.8 Å². The van der Waals surface area contributed by atoms with E-state index in [2.05, 4.69) is 13.8 Å². The Kier molecular flexibility index (Phi) is 5.25. The van der Waals surface area contributed by atoms with E-state index in [9.17, 15) is 13.2 Å². The van der Waals surface area contributed by atoms with Gasteiger partial charge in [0.25, 0.3) is 0 Å². The highest BCUT2D eigenvalue weighted by molar-refractivity contribution is 4.76. The molecule has 1 aliphatic heterocycles. The number of halogens is 3. The molecule has 1 saturated heterocycles. The summed E-state index contributed by atoms with van der Waals surface area (Å²) in [6, 6.07) is 0. The highest BCUT2D eigenvalue weighted by Crippen LogP contribution is 2.26. The van der Waals surface area contributed by atoms with Crippen molar-refractivity contribution in [2.75, 3.05) is 19.6 Å². The number of hydrogen-bond acceptors (Lipinski definition) is 2. The second-order valence-electron chi connectivity index (χ2n) is 5.29. The van der Waals surface area contributed by atoms with Crippen LogP contribution in [0.1, 0.15) is 33.1 Å². The van der Waals surface area contributed by atoms with Crippen molar-refractivity contribution < 1.29 is 18.3 Å². The van der Waals surface area contributed by atoms with Crippen LogP contribution >= 0.6 is 0 Å². The fourth-order valence-corrected chi connectivity index (χ4v) is 2.38. The van der Waals surface area contributed by atoms with Crippen molar-refractivity contribution in [1.29, 1.82) is 0 Å². The van der Waals surface area contributed by atoms with E-state index in [0.29, 0.717) is 24.9 Å². The van der Waals surface area contributed by atoms with E-state index in [1.807, 2.05) is 0 Å². The van der Waals surface area contributed by atoms with E-state index in [4.69, 9.17) is 5.11 Å². The standard InChI is InChI=1S/C12H22F3NO/c1-9(2)10-4-3-6-16(7-5-10)8-11(17)12(13,14)15/h9-11,17H,3-8H2,1-2H3. The van der Waals surface area contributed by atoms with E-state index in [-0.39, 0.29) is 6.54 Å². The number of aliphatic hydroxyl groups excluding tert-OH is 1. The Balaban J connectivity index is 2.42. The van der Waals surface area contributed by atoms with Crippen LogP contribution in [0.2, 0.25) is 0 Å². The number of aliphatic hydroxyl groups is 1. The third kappa shape index (κ3) is 4.84. The molecule has 0 saturated carbocycles. The maximum atomic E-state index is 12.2. The quantitative estimate of drug-likeness (QED) is 0.836. The summed E-state index contributed by atoms with van der Waals surface area (Å²) in [6.07, 6.45) is -3.77. The largest absolute Gasteiger partial charge is 0.415 e. The Hall–Kier alpha value is -0.290. The molecular formula is C12H22F3NO. The average Bonchev–Trinajstić information content (AvgIpc) is 2.41. The topological polar surface area (TPSA) is 23.5 Å². The van der Waals surface area contributed by atoms with Gasteiger partial charge in [-0.1, -0.05) is 13.8 Å². The Labute approximate surface area is 101 Å². The van der Waals surface area contributed by atoms with Gasteiger partial charge in [-0.05, 0) is 44.2 Å². The lowest BCUT2D eigenvalue weighted by Crippen LogP contribution is -2.41. The van der Waals surface area contributed by atoms with Gasteiger partial charge >= 0.3 is 6.18 Å².